The largest absolute Gasteiger partial charge is 0.354 e. The fourth-order valence-corrected chi connectivity index (χ4v) is 3.54. The lowest BCUT2D eigenvalue weighted by Crippen LogP contribution is -2.31. The molecule has 30 heavy (non-hydrogen) atoms. The van der Waals surface area contributed by atoms with Crippen molar-refractivity contribution in [2.75, 3.05) is 6.54 Å². The maximum absolute atomic E-state index is 12.4. The van der Waals surface area contributed by atoms with Gasteiger partial charge in [-0.15, -0.1) is 10.2 Å². The van der Waals surface area contributed by atoms with Crippen LogP contribution < -0.4 is 5.32 Å². The van der Waals surface area contributed by atoms with Gasteiger partial charge in [-0.25, -0.2) is 4.68 Å². The Bertz CT molecular complexity index is 1170. The quantitative estimate of drug-likeness (QED) is 0.496. The van der Waals surface area contributed by atoms with Crippen LogP contribution in [0.25, 0.3) is 33.5 Å². The molecule has 2 heterocycles. The van der Waals surface area contributed by atoms with E-state index in [9.17, 15) is 4.79 Å². The van der Waals surface area contributed by atoms with Crippen LogP contribution in [0.4, 0.5) is 0 Å². The van der Waals surface area contributed by atoms with Gasteiger partial charge in [-0.05, 0) is 5.92 Å². The van der Waals surface area contributed by atoms with E-state index in [1.165, 1.54) is 0 Å². The normalized spacial score (nSPS) is 11.2. The second kappa shape index (κ2) is 8.63. The first-order chi connectivity index (χ1) is 14.5. The lowest BCUT2D eigenvalue weighted by molar-refractivity contribution is -0.121. The molecule has 1 N–H and O–H groups in total. The van der Waals surface area contributed by atoms with Gasteiger partial charge in [0.05, 0.1) is 10.4 Å². The van der Waals surface area contributed by atoms with E-state index in [1.54, 1.807) is 4.68 Å². The molecule has 4 rings (SSSR count). The standard InChI is InChI=1S/C23H22ClN5O/c1-15(2)13-25-18(30)14-29-23-19(21(28-29)16-9-5-3-6-10-16)20(24)22(26-27-23)17-11-7-4-8-12-17/h3-12,15H,13-14H2,1-2H3,(H,25,30). The molecule has 6 nitrogen and oxygen atoms in total. The van der Waals surface area contributed by atoms with E-state index in [-0.39, 0.29) is 12.5 Å². The summed E-state index contributed by atoms with van der Waals surface area (Å²) in [4.78, 5) is 12.4. The van der Waals surface area contributed by atoms with Gasteiger partial charge in [0.2, 0.25) is 5.91 Å². The molecule has 7 heteroatoms. The summed E-state index contributed by atoms with van der Waals surface area (Å²) in [7, 11) is 0. The molecule has 0 saturated carbocycles. The molecular formula is C23H22ClN5O. The first-order valence-electron chi connectivity index (χ1n) is 9.85. The molecule has 152 valence electrons. The third-order valence-corrected chi connectivity index (χ3v) is 5.06. The molecule has 0 aliphatic rings. The molecule has 0 saturated heterocycles. The number of amides is 1. The molecule has 0 atom stereocenters. The zero-order chi connectivity index (χ0) is 21.1. The Morgan fingerprint density at radius 2 is 1.57 bits per heavy atom. The lowest BCUT2D eigenvalue weighted by Gasteiger charge is -2.08. The summed E-state index contributed by atoms with van der Waals surface area (Å²) >= 11 is 6.83. The van der Waals surface area contributed by atoms with Crippen LogP contribution in [-0.4, -0.2) is 32.4 Å². The van der Waals surface area contributed by atoms with E-state index in [0.717, 1.165) is 11.1 Å². The van der Waals surface area contributed by atoms with Crippen LogP contribution in [0.2, 0.25) is 5.02 Å². The fourth-order valence-electron chi connectivity index (χ4n) is 3.22. The Morgan fingerprint density at radius 1 is 0.967 bits per heavy atom. The van der Waals surface area contributed by atoms with Crippen molar-refractivity contribution in [2.24, 2.45) is 5.92 Å². The van der Waals surface area contributed by atoms with E-state index >= 15 is 0 Å². The molecule has 1 amide bonds. The van der Waals surface area contributed by atoms with Gasteiger partial charge >= 0.3 is 0 Å². The average molecular weight is 420 g/mol. The van der Waals surface area contributed by atoms with Crippen LogP contribution in [0.3, 0.4) is 0 Å². The molecule has 0 unspecified atom stereocenters. The molecule has 0 bridgehead atoms. The third-order valence-electron chi connectivity index (χ3n) is 4.69. The van der Waals surface area contributed by atoms with Crippen LogP contribution >= 0.6 is 11.6 Å². The molecule has 0 radical (unpaired) electrons. The third kappa shape index (κ3) is 4.04. The van der Waals surface area contributed by atoms with Crippen LogP contribution in [-0.2, 0) is 11.3 Å². The van der Waals surface area contributed by atoms with Crippen molar-refractivity contribution in [3.8, 4) is 22.5 Å². The number of nitrogens with one attached hydrogen (secondary N) is 1. The second-order valence-electron chi connectivity index (χ2n) is 7.50. The molecule has 0 fully saturated rings. The van der Waals surface area contributed by atoms with Crippen molar-refractivity contribution < 1.29 is 4.79 Å². The zero-order valence-electron chi connectivity index (χ0n) is 16.8. The Hall–Kier alpha value is -3.25. The predicted octanol–water partition coefficient (Wildman–Crippen LogP) is 4.59. The molecule has 0 spiro atoms. The Labute approximate surface area is 179 Å². The number of nitrogens with zero attached hydrogens (tertiary/aromatic N) is 4. The number of halogens is 1. The van der Waals surface area contributed by atoms with Gasteiger partial charge in [-0.3, -0.25) is 4.79 Å². The van der Waals surface area contributed by atoms with Gasteiger partial charge in [-0.1, -0.05) is 86.1 Å². The molecule has 4 aromatic rings. The van der Waals surface area contributed by atoms with Gasteiger partial charge < -0.3 is 5.32 Å². The molecular weight excluding hydrogens is 398 g/mol. The monoisotopic (exact) mass is 419 g/mol. The summed E-state index contributed by atoms with van der Waals surface area (Å²) in [6.07, 6.45) is 0. The van der Waals surface area contributed by atoms with E-state index in [4.69, 9.17) is 16.7 Å². The van der Waals surface area contributed by atoms with Crippen molar-refractivity contribution in [1.82, 2.24) is 25.3 Å². The molecule has 2 aromatic heterocycles. The van der Waals surface area contributed by atoms with Crippen LogP contribution in [0, 0.1) is 5.92 Å². The minimum absolute atomic E-state index is 0.0474. The average Bonchev–Trinajstić information content (AvgIpc) is 3.13. The number of aromatic nitrogens is 4. The highest BCUT2D eigenvalue weighted by atomic mass is 35.5. The first-order valence-corrected chi connectivity index (χ1v) is 10.2. The molecule has 0 aliphatic heterocycles. The summed E-state index contributed by atoms with van der Waals surface area (Å²) in [5, 5.41) is 17.5. The number of rotatable bonds is 6. The van der Waals surface area contributed by atoms with Gasteiger partial charge in [0.15, 0.2) is 5.65 Å². The van der Waals surface area contributed by atoms with Gasteiger partial charge in [-0.2, -0.15) is 5.10 Å². The first kappa shape index (κ1) is 20.0. The topological polar surface area (TPSA) is 72.7 Å². The van der Waals surface area contributed by atoms with Gasteiger partial charge in [0, 0.05) is 17.7 Å². The summed E-state index contributed by atoms with van der Waals surface area (Å²) in [6.45, 7) is 4.75. The Morgan fingerprint density at radius 3 is 2.17 bits per heavy atom. The fraction of sp³-hybridized carbons (Fsp3) is 0.217. The minimum Gasteiger partial charge on any atom is -0.354 e. The van der Waals surface area contributed by atoms with Crippen LogP contribution in [0.1, 0.15) is 13.8 Å². The smallest absolute Gasteiger partial charge is 0.241 e. The van der Waals surface area contributed by atoms with Crippen LogP contribution in [0.5, 0.6) is 0 Å². The van der Waals surface area contributed by atoms with Gasteiger partial charge in [0.1, 0.15) is 17.9 Å². The van der Waals surface area contributed by atoms with Gasteiger partial charge in [0.25, 0.3) is 0 Å². The van der Waals surface area contributed by atoms with E-state index in [1.807, 2.05) is 74.5 Å². The number of benzene rings is 2. The summed E-state index contributed by atoms with van der Waals surface area (Å²) in [6, 6.07) is 19.4. The second-order valence-corrected chi connectivity index (χ2v) is 7.88. The maximum Gasteiger partial charge on any atom is 0.241 e. The van der Waals surface area contributed by atoms with Crippen molar-refractivity contribution in [3.63, 3.8) is 0 Å². The highest BCUT2D eigenvalue weighted by Gasteiger charge is 2.22. The highest BCUT2D eigenvalue weighted by Crippen LogP contribution is 2.37. The zero-order valence-corrected chi connectivity index (χ0v) is 17.6. The summed E-state index contributed by atoms with van der Waals surface area (Å²) in [5.74, 6) is 0.239. The number of fused-ring (bicyclic) bond motifs is 1. The Kier molecular flexibility index (Phi) is 5.77. The number of carbonyl (C=O) groups excluding carboxylic acids is 1. The minimum atomic E-state index is -0.127. The van der Waals surface area contributed by atoms with E-state index in [2.05, 4.69) is 15.5 Å². The van der Waals surface area contributed by atoms with Crippen molar-refractivity contribution >= 4 is 28.5 Å². The predicted molar refractivity (Wildman–Crippen MR) is 119 cm³/mol. The van der Waals surface area contributed by atoms with E-state index < -0.39 is 0 Å². The number of hydrogen-bond donors (Lipinski definition) is 1. The highest BCUT2D eigenvalue weighted by molar-refractivity contribution is 6.38. The van der Waals surface area contributed by atoms with Crippen molar-refractivity contribution in [2.45, 2.75) is 20.4 Å². The summed E-state index contributed by atoms with van der Waals surface area (Å²) < 4.78 is 1.57. The van der Waals surface area contributed by atoms with Crippen molar-refractivity contribution in [1.29, 1.82) is 0 Å². The number of carbonyl (C=O) groups is 1. The SMILES string of the molecule is CC(C)CNC(=O)Cn1nc(-c2ccccc2)c2c(Cl)c(-c3ccccc3)nnc21. The number of hydrogen-bond acceptors (Lipinski definition) is 4. The van der Waals surface area contributed by atoms with Crippen LogP contribution in [0.15, 0.2) is 60.7 Å². The lowest BCUT2D eigenvalue weighted by atomic mass is 10.1. The Balaban J connectivity index is 1.84. The summed E-state index contributed by atoms with van der Waals surface area (Å²) in [5.41, 5.74) is 3.53. The molecule has 2 aromatic carbocycles. The maximum atomic E-state index is 12.4. The van der Waals surface area contributed by atoms with E-state index in [0.29, 0.717) is 39.9 Å². The molecule has 0 aliphatic carbocycles. The van der Waals surface area contributed by atoms with Crippen molar-refractivity contribution in [3.05, 3.63) is 65.7 Å².